The summed E-state index contributed by atoms with van der Waals surface area (Å²) in [5.41, 5.74) is 0.925. The second-order valence-electron chi connectivity index (χ2n) is 3.30. The summed E-state index contributed by atoms with van der Waals surface area (Å²) < 4.78 is 0. The number of carbonyl (C=O) groups excluding carboxylic acids is 1. The molecule has 0 saturated carbocycles. The number of carbonyl (C=O) groups is 1. The first-order chi connectivity index (χ1) is 7.15. The molecule has 1 N–H and O–H groups in total. The predicted molar refractivity (Wildman–Crippen MR) is 62.8 cm³/mol. The molecular formula is C12H14ClNO. The Morgan fingerprint density at radius 3 is 2.80 bits per heavy atom. The lowest BCUT2D eigenvalue weighted by molar-refractivity contribution is -0.119. The predicted octanol–water partition coefficient (Wildman–Crippen LogP) is 3.09. The van der Waals surface area contributed by atoms with Crippen molar-refractivity contribution >= 4 is 17.5 Å². The molecule has 1 atom stereocenters. The molecule has 0 fully saturated rings. The minimum Gasteiger partial charge on any atom is -0.349 e. The molecule has 0 radical (unpaired) electrons. The lowest BCUT2D eigenvalue weighted by atomic mass is 10.0. The summed E-state index contributed by atoms with van der Waals surface area (Å²) >= 11 is 6.05. The highest BCUT2D eigenvalue weighted by molar-refractivity contribution is 6.31. The molecule has 0 heterocycles. The first kappa shape index (κ1) is 11.8. The Balaban J connectivity index is 2.92. The van der Waals surface area contributed by atoms with Gasteiger partial charge in [0, 0.05) is 11.9 Å². The van der Waals surface area contributed by atoms with Crippen molar-refractivity contribution in [2.45, 2.75) is 19.4 Å². The van der Waals surface area contributed by atoms with E-state index in [9.17, 15) is 4.79 Å². The third kappa shape index (κ3) is 3.40. The second kappa shape index (κ2) is 5.56. The summed E-state index contributed by atoms with van der Waals surface area (Å²) in [4.78, 5) is 11.0. The van der Waals surface area contributed by atoms with Crippen LogP contribution >= 0.6 is 11.6 Å². The number of benzene rings is 1. The molecule has 1 rings (SSSR count). The van der Waals surface area contributed by atoms with Crippen LogP contribution in [0.5, 0.6) is 0 Å². The molecule has 80 valence electrons. The molecule has 2 nitrogen and oxygen atoms in total. The van der Waals surface area contributed by atoms with E-state index in [1.807, 2.05) is 24.3 Å². The summed E-state index contributed by atoms with van der Waals surface area (Å²) in [6, 6.07) is 7.40. The Morgan fingerprint density at radius 2 is 2.27 bits per heavy atom. The van der Waals surface area contributed by atoms with Crippen molar-refractivity contribution in [2.75, 3.05) is 0 Å². The molecule has 0 saturated heterocycles. The number of rotatable bonds is 4. The van der Waals surface area contributed by atoms with Crippen molar-refractivity contribution in [1.82, 2.24) is 5.32 Å². The van der Waals surface area contributed by atoms with E-state index in [-0.39, 0.29) is 11.9 Å². The fourth-order valence-electron chi connectivity index (χ4n) is 1.43. The lowest BCUT2D eigenvalue weighted by Gasteiger charge is -2.17. The highest BCUT2D eigenvalue weighted by Crippen LogP contribution is 2.25. The van der Waals surface area contributed by atoms with Gasteiger partial charge in [-0.1, -0.05) is 35.9 Å². The Bertz CT molecular complexity index is 362. The Hall–Kier alpha value is -1.28. The lowest BCUT2D eigenvalue weighted by Crippen LogP contribution is -2.25. The van der Waals surface area contributed by atoms with Crippen LogP contribution in [0.15, 0.2) is 36.9 Å². The SMILES string of the molecule is C=CCC(NC(C)=O)c1ccccc1Cl. The average molecular weight is 224 g/mol. The van der Waals surface area contributed by atoms with E-state index in [1.54, 1.807) is 6.08 Å². The third-order valence-corrected chi connectivity index (χ3v) is 2.40. The van der Waals surface area contributed by atoms with Crippen molar-refractivity contribution in [3.05, 3.63) is 47.5 Å². The van der Waals surface area contributed by atoms with Gasteiger partial charge in [-0.05, 0) is 18.1 Å². The van der Waals surface area contributed by atoms with Crippen LogP contribution in [0, 0.1) is 0 Å². The van der Waals surface area contributed by atoms with Gasteiger partial charge in [0.2, 0.25) is 5.91 Å². The van der Waals surface area contributed by atoms with Gasteiger partial charge in [0.1, 0.15) is 0 Å². The standard InChI is InChI=1S/C12H14ClNO/c1-3-6-12(14-9(2)15)10-7-4-5-8-11(10)13/h3-5,7-8,12H,1,6H2,2H3,(H,14,15). The maximum absolute atomic E-state index is 11.0. The minimum atomic E-state index is -0.0892. The van der Waals surface area contributed by atoms with Gasteiger partial charge in [-0.25, -0.2) is 0 Å². The fourth-order valence-corrected chi connectivity index (χ4v) is 1.70. The number of hydrogen-bond acceptors (Lipinski definition) is 1. The zero-order valence-corrected chi connectivity index (χ0v) is 9.42. The van der Waals surface area contributed by atoms with E-state index in [2.05, 4.69) is 11.9 Å². The zero-order valence-electron chi connectivity index (χ0n) is 8.66. The largest absolute Gasteiger partial charge is 0.349 e. The van der Waals surface area contributed by atoms with Gasteiger partial charge < -0.3 is 5.32 Å². The molecule has 1 aromatic carbocycles. The molecule has 0 spiro atoms. The van der Waals surface area contributed by atoms with Crippen LogP contribution in [0.1, 0.15) is 24.9 Å². The second-order valence-corrected chi connectivity index (χ2v) is 3.71. The third-order valence-electron chi connectivity index (χ3n) is 2.06. The topological polar surface area (TPSA) is 29.1 Å². The number of nitrogens with one attached hydrogen (secondary N) is 1. The number of halogens is 1. The molecule has 0 bridgehead atoms. The minimum absolute atomic E-state index is 0.0678. The molecule has 1 unspecified atom stereocenters. The Kier molecular flexibility index (Phi) is 4.37. The van der Waals surface area contributed by atoms with E-state index >= 15 is 0 Å². The molecule has 1 aromatic rings. The van der Waals surface area contributed by atoms with Gasteiger partial charge in [-0.2, -0.15) is 0 Å². The van der Waals surface area contributed by atoms with Crippen LogP contribution in [0.25, 0.3) is 0 Å². The summed E-state index contributed by atoms with van der Waals surface area (Å²) in [6.07, 6.45) is 2.44. The first-order valence-corrected chi connectivity index (χ1v) is 5.15. The van der Waals surface area contributed by atoms with Crippen molar-refractivity contribution in [3.8, 4) is 0 Å². The molecule has 3 heteroatoms. The van der Waals surface area contributed by atoms with Crippen LogP contribution in [0.2, 0.25) is 5.02 Å². The van der Waals surface area contributed by atoms with Crippen LogP contribution < -0.4 is 5.32 Å². The van der Waals surface area contributed by atoms with Gasteiger partial charge in [0.25, 0.3) is 0 Å². The van der Waals surface area contributed by atoms with E-state index < -0.39 is 0 Å². The Labute approximate surface area is 94.9 Å². The van der Waals surface area contributed by atoms with Crippen molar-refractivity contribution in [3.63, 3.8) is 0 Å². The molecule has 0 aliphatic heterocycles. The summed E-state index contributed by atoms with van der Waals surface area (Å²) in [5.74, 6) is -0.0678. The van der Waals surface area contributed by atoms with Gasteiger partial charge >= 0.3 is 0 Å². The molecular weight excluding hydrogens is 210 g/mol. The fraction of sp³-hybridized carbons (Fsp3) is 0.250. The van der Waals surface area contributed by atoms with Crippen molar-refractivity contribution in [1.29, 1.82) is 0 Å². The first-order valence-electron chi connectivity index (χ1n) is 4.77. The smallest absolute Gasteiger partial charge is 0.217 e. The van der Waals surface area contributed by atoms with E-state index in [0.717, 1.165) is 5.56 Å². The monoisotopic (exact) mass is 223 g/mol. The van der Waals surface area contributed by atoms with Gasteiger partial charge in [-0.3, -0.25) is 4.79 Å². The van der Waals surface area contributed by atoms with Gasteiger partial charge in [0.05, 0.1) is 6.04 Å². The zero-order chi connectivity index (χ0) is 11.3. The molecule has 15 heavy (non-hydrogen) atoms. The van der Waals surface area contributed by atoms with Crippen molar-refractivity contribution < 1.29 is 4.79 Å². The van der Waals surface area contributed by atoms with Crippen LogP contribution in [-0.2, 0) is 4.79 Å². The maximum atomic E-state index is 11.0. The maximum Gasteiger partial charge on any atom is 0.217 e. The molecule has 0 aliphatic carbocycles. The summed E-state index contributed by atoms with van der Waals surface area (Å²) in [5, 5.41) is 3.51. The Morgan fingerprint density at radius 1 is 1.60 bits per heavy atom. The molecule has 0 aliphatic rings. The summed E-state index contributed by atoms with van der Waals surface area (Å²) in [6.45, 7) is 5.16. The van der Waals surface area contributed by atoms with Gasteiger partial charge in [-0.15, -0.1) is 6.58 Å². The average Bonchev–Trinajstić information content (AvgIpc) is 2.17. The van der Waals surface area contributed by atoms with Crippen LogP contribution in [0.3, 0.4) is 0 Å². The van der Waals surface area contributed by atoms with E-state index in [0.29, 0.717) is 11.4 Å². The van der Waals surface area contributed by atoms with E-state index in [1.165, 1.54) is 6.92 Å². The van der Waals surface area contributed by atoms with E-state index in [4.69, 9.17) is 11.6 Å². The van der Waals surface area contributed by atoms with Crippen LogP contribution in [0.4, 0.5) is 0 Å². The van der Waals surface area contributed by atoms with Gasteiger partial charge in [0.15, 0.2) is 0 Å². The van der Waals surface area contributed by atoms with Crippen molar-refractivity contribution in [2.24, 2.45) is 0 Å². The highest BCUT2D eigenvalue weighted by atomic mass is 35.5. The molecule has 0 aromatic heterocycles. The van der Waals surface area contributed by atoms with Crippen LogP contribution in [-0.4, -0.2) is 5.91 Å². The normalized spacial score (nSPS) is 11.9. The number of hydrogen-bond donors (Lipinski definition) is 1. The quantitative estimate of drug-likeness (QED) is 0.781. The summed E-state index contributed by atoms with van der Waals surface area (Å²) in [7, 11) is 0. The number of amides is 1. The highest BCUT2D eigenvalue weighted by Gasteiger charge is 2.13. The molecule has 1 amide bonds.